The number of ether oxygens (including phenoxy) is 1. The van der Waals surface area contributed by atoms with Crippen molar-refractivity contribution in [3.63, 3.8) is 0 Å². The van der Waals surface area contributed by atoms with E-state index in [0.29, 0.717) is 5.05 Å². The predicted molar refractivity (Wildman–Crippen MR) is 54.5 cm³/mol. The molecular formula is C9H17NOS. The summed E-state index contributed by atoms with van der Waals surface area (Å²) in [5.74, 6) is 0. The van der Waals surface area contributed by atoms with E-state index in [-0.39, 0.29) is 0 Å². The maximum absolute atomic E-state index is 5.23. The molecule has 1 aliphatic rings. The number of rotatable bonds is 3. The molecule has 3 heteroatoms. The van der Waals surface area contributed by atoms with Crippen molar-refractivity contribution in [3.05, 3.63) is 0 Å². The van der Waals surface area contributed by atoms with Gasteiger partial charge < -0.3 is 4.74 Å². The van der Waals surface area contributed by atoms with Crippen LogP contribution in [0.5, 0.6) is 0 Å². The van der Waals surface area contributed by atoms with Gasteiger partial charge in [-0.25, -0.2) is 0 Å². The minimum absolute atomic E-state index is 0.659. The third-order valence-electron chi connectivity index (χ3n) is 2.16. The fourth-order valence-corrected chi connectivity index (χ4v) is 1.58. The number of likely N-dealkylation sites (tertiary alicyclic amines) is 1. The molecule has 1 fully saturated rings. The van der Waals surface area contributed by atoms with E-state index in [1.807, 2.05) is 6.92 Å². The van der Waals surface area contributed by atoms with Crippen LogP contribution >= 0.6 is 12.2 Å². The Bertz CT molecular complexity index is 143. The van der Waals surface area contributed by atoms with Crippen molar-refractivity contribution in [2.24, 2.45) is 0 Å². The second-order valence-electron chi connectivity index (χ2n) is 3.24. The van der Waals surface area contributed by atoms with Crippen LogP contribution in [0.1, 0.15) is 26.2 Å². The van der Waals surface area contributed by atoms with Gasteiger partial charge in [0.1, 0.15) is 6.61 Å². The van der Waals surface area contributed by atoms with Gasteiger partial charge in [0.2, 0.25) is 0 Å². The first kappa shape index (κ1) is 9.93. The Morgan fingerprint density at radius 2 is 2.00 bits per heavy atom. The van der Waals surface area contributed by atoms with E-state index >= 15 is 0 Å². The molecule has 0 aromatic carbocycles. The number of nitrogens with zero attached hydrogens (tertiary/aromatic N) is 1. The minimum atomic E-state index is 0.659. The van der Waals surface area contributed by atoms with Crippen molar-refractivity contribution in [1.29, 1.82) is 0 Å². The van der Waals surface area contributed by atoms with Gasteiger partial charge in [-0.3, -0.25) is 4.90 Å². The van der Waals surface area contributed by atoms with Gasteiger partial charge in [-0.15, -0.1) is 0 Å². The Morgan fingerprint density at radius 1 is 1.33 bits per heavy atom. The van der Waals surface area contributed by atoms with E-state index in [0.717, 1.165) is 13.2 Å². The first-order valence-electron chi connectivity index (χ1n) is 4.65. The third kappa shape index (κ3) is 4.02. The molecule has 1 saturated heterocycles. The van der Waals surface area contributed by atoms with Gasteiger partial charge in [0, 0.05) is 13.5 Å². The number of piperidine rings is 1. The lowest BCUT2D eigenvalue weighted by Gasteiger charge is -2.25. The summed E-state index contributed by atoms with van der Waals surface area (Å²) in [4.78, 5) is 2.45. The molecule has 0 aromatic heterocycles. The van der Waals surface area contributed by atoms with E-state index in [4.69, 9.17) is 17.0 Å². The number of hydrogen-bond acceptors (Lipinski definition) is 3. The lowest BCUT2D eigenvalue weighted by atomic mass is 10.1. The number of hydrogen-bond donors (Lipinski definition) is 0. The molecule has 12 heavy (non-hydrogen) atoms. The zero-order chi connectivity index (χ0) is 8.81. The lowest BCUT2D eigenvalue weighted by Crippen LogP contribution is -2.32. The summed E-state index contributed by atoms with van der Waals surface area (Å²) in [6, 6.07) is 0. The predicted octanol–water partition coefficient (Wildman–Crippen LogP) is 1.84. The maximum Gasteiger partial charge on any atom is 0.156 e. The summed E-state index contributed by atoms with van der Waals surface area (Å²) in [7, 11) is 0. The molecule has 0 N–H and O–H groups in total. The highest BCUT2D eigenvalue weighted by Gasteiger charge is 2.08. The van der Waals surface area contributed by atoms with Crippen LogP contribution in [0.25, 0.3) is 0 Å². The van der Waals surface area contributed by atoms with Gasteiger partial charge in [0.25, 0.3) is 0 Å². The Morgan fingerprint density at radius 3 is 2.58 bits per heavy atom. The van der Waals surface area contributed by atoms with Gasteiger partial charge in [-0.2, -0.15) is 0 Å². The Kier molecular flexibility index (Phi) is 4.54. The zero-order valence-corrected chi connectivity index (χ0v) is 8.53. The van der Waals surface area contributed by atoms with Crippen LogP contribution in [0.4, 0.5) is 0 Å². The van der Waals surface area contributed by atoms with Crippen LogP contribution in [0, 0.1) is 0 Å². The highest BCUT2D eigenvalue weighted by molar-refractivity contribution is 7.80. The molecule has 0 amide bonds. The quantitative estimate of drug-likeness (QED) is 0.626. The molecule has 0 spiro atoms. The summed E-state index contributed by atoms with van der Waals surface area (Å²) >= 11 is 4.82. The highest BCUT2D eigenvalue weighted by Crippen LogP contribution is 2.07. The standard InChI is InChI=1S/C9H17NOS/c1-9(12)11-8-7-10-5-3-2-4-6-10/h2-8H2,1H3. The van der Waals surface area contributed by atoms with Gasteiger partial charge in [-0.05, 0) is 38.1 Å². The van der Waals surface area contributed by atoms with Crippen molar-refractivity contribution in [2.75, 3.05) is 26.2 Å². The van der Waals surface area contributed by atoms with Crippen LogP contribution < -0.4 is 0 Å². The van der Waals surface area contributed by atoms with Gasteiger partial charge in [0.15, 0.2) is 5.05 Å². The summed E-state index contributed by atoms with van der Waals surface area (Å²) < 4.78 is 5.23. The fourth-order valence-electron chi connectivity index (χ4n) is 1.50. The van der Waals surface area contributed by atoms with E-state index in [9.17, 15) is 0 Å². The molecule has 1 aliphatic heterocycles. The molecule has 0 aromatic rings. The molecule has 0 saturated carbocycles. The second-order valence-corrected chi connectivity index (χ2v) is 3.82. The summed E-state index contributed by atoms with van der Waals surface area (Å²) in [6.45, 7) is 6.09. The first-order chi connectivity index (χ1) is 5.79. The summed E-state index contributed by atoms with van der Waals surface area (Å²) in [6.07, 6.45) is 4.08. The topological polar surface area (TPSA) is 12.5 Å². The van der Waals surface area contributed by atoms with Crippen molar-refractivity contribution in [3.8, 4) is 0 Å². The summed E-state index contributed by atoms with van der Waals surface area (Å²) in [5.41, 5.74) is 0. The van der Waals surface area contributed by atoms with Crippen molar-refractivity contribution in [2.45, 2.75) is 26.2 Å². The molecule has 1 heterocycles. The molecule has 0 unspecified atom stereocenters. The molecule has 0 atom stereocenters. The Hall–Kier alpha value is -0.150. The van der Waals surface area contributed by atoms with Gasteiger partial charge in [-0.1, -0.05) is 6.42 Å². The monoisotopic (exact) mass is 187 g/mol. The molecule has 0 bridgehead atoms. The van der Waals surface area contributed by atoms with Crippen LogP contribution in [0.2, 0.25) is 0 Å². The van der Waals surface area contributed by atoms with E-state index in [1.54, 1.807) is 0 Å². The second kappa shape index (κ2) is 5.49. The van der Waals surface area contributed by atoms with E-state index in [2.05, 4.69) is 4.90 Å². The first-order valence-corrected chi connectivity index (χ1v) is 5.05. The van der Waals surface area contributed by atoms with Crippen molar-refractivity contribution >= 4 is 17.3 Å². The van der Waals surface area contributed by atoms with Crippen molar-refractivity contribution < 1.29 is 4.74 Å². The van der Waals surface area contributed by atoms with Gasteiger partial charge in [0.05, 0.1) is 0 Å². The molecule has 1 rings (SSSR count). The maximum atomic E-state index is 5.23. The molecule has 0 aliphatic carbocycles. The van der Waals surface area contributed by atoms with Crippen LogP contribution in [-0.4, -0.2) is 36.2 Å². The highest BCUT2D eigenvalue weighted by atomic mass is 32.1. The van der Waals surface area contributed by atoms with Crippen LogP contribution in [0.15, 0.2) is 0 Å². The Labute approximate surface area is 79.9 Å². The van der Waals surface area contributed by atoms with Gasteiger partial charge >= 0.3 is 0 Å². The number of thiocarbonyl (C=S) groups is 1. The molecule has 2 nitrogen and oxygen atoms in total. The average molecular weight is 187 g/mol. The zero-order valence-electron chi connectivity index (χ0n) is 7.71. The SMILES string of the molecule is CC(=S)OCCN1CCCCC1. The van der Waals surface area contributed by atoms with Crippen LogP contribution in [0.3, 0.4) is 0 Å². The van der Waals surface area contributed by atoms with Crippen LogP contribution in [-0.2, 0) is 4.74 Å². The average Bonchev–Trinajstić information content (AvgIpc) is 2.05. The smallest absolute Gasteiger partial charge is 0.156 e. The largest absolute Gasteiger partial charge is 0.486 e. The van der Waals surface area contributed by atoms with Crippen molar-refractivity contribution in [1.82, 2.24) is 4.90 Å². The molecule has 70 valence electrons. The molecular weight excluding hydrogens is 170 g/mol. The van der Waals surface area contributed by atoms with E-state index < -0.39 is 0 Å². The third-order valence-corrected chi connectivity index (χ3v) is 2.28. The summed E-state index contributed by atoms with van der Waals surface area (Å²) in [5, 5.41) is 0.659. The normalized spacial score (nSPS) is 19.1. The lowest BCUT2D eigenvalue weighted by molar-refractivity contribution is 0.180. The molecule has 0 radical (unpaired) electrons. The minimum Gasteiger partial charge on any atom is -0.486 e. The van der Waals surface area contributed by atoms with E-state index in [1.165, 1.54) is 32.4 Å². The Balaban J connectivity index is 2.01. The fraction of sp³-hybridized carbons (Fsp3) is 0.889.